The van der Waals surface area contributed by atoms with Crippen molar-refractivity contribution in [3.05, 3.63) is 108 Å². The molecule has 0 bridgehead atoms. The first-order valence-corrected chi connectivity index (χ1v) is 16.0. The van der Waals surface area contributed by atoms with Crippen molar-refractivity contribution in [2.45, 2.75) is 44.2 Å². The Hall–Kier alpha value is -3.99. The molecule has 1 aromatic heterocycles. The minimum Gasteiger partial charge on any atom is -0.438 e. The number of nitrogens with zero attached hydrogens (tertiary/aromatic N) is 3. The smallest absolute Gasteiger partial charge is 0.326 e. The first kappa shape index (κ1) is 32.9. The maximum Gasteiger partial charge on any atom is 0.326 e. The number of amides is 2. The number of benzene rings is 3. The van der Waals surface area contributed by atoms with Gasteiger partial charge in [-0.1, -0.05) is 24.3 Å². The van der Waals surface area contributed by atoms with Crippen molar-refractivity contribution in [3.8, 4) is 11.6 Å². The number of anilines is 2. The Morgan fingerprint density at radius 2 is 1.64 bits per heavy atom. The van der Waals surface area contributed by atoms with E-state index in [0.29, 0.717) is 23.9 Å². The van der Waals surface area contributed by atoms with Gasteiger partial charge in [0.25, 0.3) is 0 Å². The van der Waals surface area contributed by atoms with Crippen LogP contribution in [0.5, 0.6) is 11.6 Å². The quantitative estimate of drug-likeness (QED) is 0.220. The van der Waals surface area contributed by atoms with Gasteiger partial charge < -0.3 is 10.1 Å². The first-order chi connectivity index (χ1) is 20.6. The summed E-state index contributed by atoms with van der Waals surface area (Å²) in [6.07, 6.45) is 4.57. The van der Waals surface area contributed by atoms with Gasteiger partial charge in [0, 0.05) is 55.6 Å². The number of likely N-dealkylation sites (tertiary alicyclic amines) is 1. The Morgan fingerprint density at radius 3 is 2.20 bits per heavy atom. The number of piperidine rings is 1. The third kappa shape index (κ3) is 8.13. The SMILES string of the molecule is Cc1cc(S(C)(=O)=O)cc(C)c1Oc1ccc(CN2CCC(N(C(=O)Nc3ccc(F)cc3)c3ccccc3)CC2)cn1.Cl. The maximum absolute atomic E-state index is 13.4. The van der Waals surface area contributed by atoms with E-state index < -0.39 is 9.84 Å². The van der Waals surface area contributed by atoms with Crippen molar-refractivity contribution >= 4 is 39.7 Å². The lowest BCUT2D eigenvalue weighted by molar-refractivity contribution is 0.199. The van der Waals surface area contributed by atoms with Crippen LogP contribution in [0.1, 0.15) is 29.5 Å². The Balaban J connectivity index is 0.00000442. The minimum atomic E-state index is -3.31. The van der Waals surface area contributed by atoms with Gasteiger partial charge >= 0.3 is 6.03 Å². The van der Waals surface area contributed by atoms with Crippen LogP contribution >= 0.6 is 12.4 Å². The van der Waals surface area contributed by atoms with Gasteiger partial charge in [0.15, 0.2) is 9.84 Å². The van der Waals surface area contributed by atoms with E-state index in [2.05, 4.69) is 15.2 Å². The number of pyridine rings is 1. The first-order valence-electron chi connectivity index (χ1n) is 14.1. The molecule has 0 saturated carbocycles. The largest absolute Gasteiger partial charge is 0.438 e. The van der Waals surface area contributed by atoms with Crippen molar-refractivity contribution in [1.29, 1.82) is 0 Å². The summed E-state index contributed by atoms with van der Waals surface area (Å²) < 4.78 is 43.3. The second-order valence-electron chi connectivity index (χ2n) is 10.9. The summed E-state index contributed by atoms with van der Waals surface area (Å²) in [7, 11) is -3.31. The zero-order valence-electron chi connectivity index (χ0n) is 24.9. The standard InChI is InChI=1S/C33H35FN4O4S.ClH/c1-23-19-30(43(3,40)41)20-24(2)32(23)42-31-14-9-25(21-35-31)22-37-17-15-29(16-18-37)38(28-7-5-4-6-8-28)33(39)36-27-12-10-26(34)11-13-27;/h4-14,19-21,29H,15-18,22H2,1-3H3,(H,36,39);1H. The number of nitrogens with one attached hydrogen (secondary N) is 1. The van der Waals surface area contributed by atoms with E-state index in [-0.39, 0.29) is 35.2 Å². The number of aryl methyl sites for hydroxylation is 2. The van der Waals surface area contributed by atoms with Gasteiger partial charge in [-0.05, 0) is 91.9 Å². The molecule has 1 saturated heterocycles. The zero-order chi connectivity index (χ0) is 30.6. The number of urea groups is 1. The van der Waals surface area contributed by atoms with Crippen LogP contribution in [-0.2, 0) is 16.4 Å². The monoisotopic (exact) mass is 638 g/mol. The molecule has 4 aromatic rings. The van der Waals surface area contributed by atoms with E-state index in [1.807, 2.05) is 56.3 Å². The Bertz CT molecular complexity index is 1660. The molecule has 1 N–H and O–H groups in total. The Morgan fingerprint density at radius 1 is 1.00 bits per heavy atom. The number of rotatable bonds is 8. The highest BCUT2D eigenvalue weighted by atomic mass is 35.5. The van der Waals surface area contributed by atoms with Crippen LogP contribution in [0.3, 0.4) is 0 Å². The summed E-state index contributed by atoms with van der Waals surface area (Å²) in [6.45, 7) is 5.97. The molecule has 5 rings (SSSR count). The third-order valence-corrected chi connectivity index (χ3v) is 8.64. The van der Waals surface area contributed by atoms with E-state index in [9.17, 15) is 17.6 Å². The summed E-state index contributed by atoms with van der Waals surface area (Å²) in [6, 6.07) is 22.2. The van der Waals surface area contributed by atoms with Crippen molar-refractivity contribution in [1.82, 2.24) is 9.88 Å². The molecule has 2 heterocycles. The van der Waals surface area contributed by atoms with E-state index in [1.54, 1.807) is 35.4 Å². The van der Waals surface area contributed by atoms with Crippen molar-refractivity contribution < 1.29 is 22.3 Å². The van der Waals surface area contributed by atoms with E-state index in [4.69, 9.17) is 4.74 Å². The summed E-state index contributed by atoms with van der Waals surface area (Å²) in [4.78, 5) is 22.3. The molecule has 2 amide bonds. The highest BCUT2D eigenvalue weighted by Crippen LogP contribution is 2.31. The lowest BCUT2D eigenvalue weighted by Crippen LogP contribution is -2.49. The molecule has 0 spiro atoms. The Labute approximate surface area is 264 Å². The van der Waals surface area contributed by atoms with Crippen LogP contribution in [0.25, 0.3) is 0 Å². The number of hydrogen-bond donors (Lipinski definition) is 1. The number of sulfone groups is 1. The normalized spacial score (nSPS) is 14.0. The number of ether oxygens (including phenoxy) is 1. The van der Waals surface area contributed by atoms with Crippen LogP contribution in [-0.4, -0.2) is 49.7 Å². The lowest BCUT2D eigenvalue weighted by atomic mass is 10.0. The molecule has 1 fully saturated rings. The number of halogens is 2. The van der Waals surface area contributed by atoms with Gasteiger partial charge in [0.1, 0.15) is 11.6 Å². The molecule has 1 aliphatic rings. The lowest BCUT2D eigenvalue weighted by Gasteiger charge is -2.38. The van der Waals surface area contributed by atoms with Gasteiger partial charge in [-0.2, -0.15) is 0 Å². The van der Waals surface area contributed by atoms with Crippen molar-refractivity contribution in [2.24, 2.45) is 0 Å². The zero-order valence-corrected chi connectivity index (χ0v) is 26.5. The van der Waals surface area contributed by atoms with Crippen LogP contribution in [0.15, 0.2) is 90.0 Å². The average molecular weight is 639 g/mol. The fraction of sp³-hybridized carbons (Fsp3) is 0.273. The van der Waals surface area contributed by atoms with Crippen molar-refractivity contribution in [3.63, 3.8) is 0 Å². The number of carbonyl (C=O) groups is 1. The average Bonchev–Trinajstić information content (AvgIpc) is 2.98. The molecule has 11 heteroatoms. The summed E-state index contributed by atoms with van der Waals surface area (Å²) in [5.41, 5.74) is 3.86. The molecule has 232 valence electrons. The third-order valence-electron chi connectivity index (χ3n) is 7.54. The van der Waals surface area contributed by atoms with Gasteiger partial charge in [-0.15, -0.1) is 12.4 Å². The molecular formula is C33H36ClFN4O4S. The number of aromatic nitrogens is 1. The van der Waals surface area contributed by atoms with E-state index >= 15 is 0 Å². The topological polar surface area (TPSA) is 91.8 Å². The predicted molar refractivity (Wildman–Crippen MR) is 173 cm³/mol. The molecule has 0 unspecified atom stereocenters. The highest BCUT2D eigenvalue weighted by molar-refractivity contribution is 7.90. The molecule has 8 nitrogen and oxygen atoms in total. The summed E-state index contributed by atoms with van der Waals surface area (Å²) >= 11 is 0. The van der Waals surface area contributed by atoms with Gasteiger partial charge in [-0.25, -0.2) is 22.6 Å². The van der Waals surface area contributed by atoms with Gasteiger partial charge in [0.05, 0.1) is 4.90 Å². The molecule has 0 radical (unpaired) electrons. The number of carbonyl (C=O) groups excluding carboxylic acids is 1. The maximum atomic E-state index is 13.4. The predicted octanol–water partition coefficient (Wildman–Crippen LogP) is 7.16. The van der Waals surface area contributed by atoms with Crippen LogP contribution in [0, 0.1) is 19.7 Å². The van der Waals surface area contributed by atoms with E-state index in [1.165, 1.54) is 18.4 Å². The second kappa shape index (κ2) is 14.2. The van der Waals surface area contributed by atoms with Gasteiger partial charge in [-0.3, -0.25) is 9.80 Å². The van der Waals surface area contributed by atoms with Gasteiger partial charge in [0.2, 0.25) is 5.88 Å². The molecular weight excluding hydrogens is 603 g/mol. The molecule has 44 heavy (non-hydrogen) atoms. The Kier molecular flexibility index (Phi) is 10.6. The summed E-state index contributed by atoms with van der Waals surface area (Å²) in [5.74, 6) is 0.682. The van der Waals surface area contributed by atoms with Crippen LogP contribution < -0.4 is 15.0 Å². The van der Waals surface area contributed by atoms with Crippen LogP contribution in [0.4, 0.5) is 20.6 Å². The molecule has 1 aliphatic heterocycles. The molecule has 3 aromatic carbocycles. The molecule has 0 atom stereocenters. The van der Waals surface area contributed by atoms with Crippen molar-refractivity contribution in [2.75, 3.05) is 29.6 Å². The molecule has 0 aliphatic carbocycles. The second-order valence-corrected chi connectivity index (χ2v) is 12.9. The fourth-order valence-corrected chi connectivity index (χ4v) is 6.13. The summed E-state index contributed by atoms with van der Waals surface area (Å²) in [5, 5.41) is 2.91. The number of hydrogen-bond acceptors (Lipinski definition) is 6. The minimum absolute atomic E-state index is 0. The fourth-order valence-electron chi connectivity index (χ4n) is 5.35. The van der Waals surface area contributed by atoms with Crippen LogP contribution in [0.2, 0.25) is 0 Å². The number of para-hydroxylation sites is 1. The highest BCUT2D eigenvalue weighted by Gasteiger charge is 2.29. The van der Waals surface area contributed by atoms with E-state index in [0.717, 1.165) is 48.3 Å².